The number of rotatable bonds is 2. The highest BCUT2D eigenvalue weighted by Crippen LogP contribution is 2.57. The van der Waals surface area contributed by atoms with E-state index in [0.717, 1.165) is 11.1 Å². The van der Waals surface area contributed by atoms with Gasteiger partial charge in [0.05, 0.1) is 5.25 Å². The van der Waals surface area contributed by atoms with E-state index in [4.69, 9.17) is 0 Å². The summed E-state index contributed by atoms with van der Waals surface area (Å²) in [5, 5.41) is 0.0328. The van der Waals surface area contributed by atoms with Crippen LogP contribution in [-0.4, -0.2) is 11.0 Å². The zero-order chi connectivity index (χ0) is 13.3. The first-order valence-corrected chi connectivity index (χ1v) is 8.46. The summed E-state index contributed by atoms with van der Waals surface area (Å²) < 4.78 is -0.549. The monoisotopic (exact) mass is 286 g/mol. The van der Waals surface area contributed by atoms with Gasteiger partial charge in [-0.2, -0.15) is 0 Å². The summed E-state index contributed by atoms with van der Waals surface area (Å²) >= 11 is 0. The minimum absolute atomic E-state index is 0.0328. The lowest BCUT2D eigenvalue weighted by Gasteiger charge is -2.27. The Bertz CT molecular complexity index is 541. The van der Waals surface area contributed by atoms with Gasteiger partial charge < -0.3 is 0 Å². The molecule has 0 N–H and O–H groups in total. The molecule has 1 aliphatic heterocycles. The smallest absolute Gasteiger partial charge is 0.172 e. The molecule has 0 spiro atoms. The van der Waals surface area contributed by atoms with Crippen molar-refractivity contribution in [3.05, 3.63) is 71.8 Å². The number of carbonyl (C=O) groups is 1. The van der Waals surface area contributed by atoms with Gasteiger partial charge in [-0.05, 0) is 18.1 Å². The van der Waals surface area contributed by atoms with Crippen molar-refractivity contribution < 1.29 is 4.79 Å². The Morgan fingerprint density at radius 3 is 1.74 bits per heavy atom. The van der Waals surface area contributed by atoms with Gasteiger partial charge in [0.15, 0.2) is 5.78 Å². The van der Waals surface area contributed by atoms with E-state index in [0.29, 0.717) is 5.78 Å². The quantitative estimate of drug-likeness (QED) is 0.767. The first kappa shape index (κ1) is 12.8. The first-order chi connectivity index (χ1) is 9.25. The number of benzene rings is 2. The SMILES string of the molecule is CC1SSC(c2ccccc2)(c2ccccc2)C1=O. The van der Waals surface area contributed by atoms with Crippen molar-refractivity contribution in [1.82, 2.24) is 0 Å². The van der Waals surface area contributed by atoms with E-state index in [1.165, 1.54) is 0 Å². The molecule has 0 bridgehead atoms. The van der Waals surface area contributed by atoms with Crippen molar-refractivity contribution in [3.8, 4) is 0 Å². The molecule has 0 aromatic heterocycles. The van der Waals surface area contributed by atoms with Gasteiger partial charge in [0.1, 0.15) is 4.75 Å². The molecule has 1 atom stereocenters. The van der Waals surface area contributed by atoms with Crippen LogP contribution in [0.5, 0.6) is 0 Å². The van der Waals surface area contributed by atoms with Gasteiger partial charge in [-0.25, -0.2) is 0 Å². The van der Waals surface area contributed by atoms with Crippen LogP contribution < -0.4 is 0 Å². The summed E-state index contributed by atoms with van der Waals surface area (Å²) in [4.78, 5) is 12.8. The topological polar surface area (TPSA) is 17.1 Å². The summed E-state index contributed by atoms with van der Waals surface area (Å²) in [6, 6.07) is 20.2. The van der Waals surface area contributed by atoms with Crippen LogP contribution in [0.2, 0.25) is 0 Å². The van der Waals surface area contributed by atoms with Crippen molar-refractivity contribution in [2.24, 2.45) is 0 Å². The fourth-order valence-electron chi connectivity index (χ4n) is 2.41. The van der Waals surface area contributed by atoms with Crippen LogP contribution in [0, 0.1) is 0 Å². The molecule has 2 aromatic carbocycles. The van der Waals surface area contributed by atoms with Gasteiger partial charge in [-0.3, -0.25) is 4.79 Å². The van der Waals surface area contributed by atoms with Gasteiger partial charge in [0.2, 0.25) is 0 Å². The van der Waals surface area contributed by atoms with Crippen molar-refractivity contribution in [2.45, 2.75) is 16.9 Å². The molecule has 0 radical (unpaired) electrons. The number of carbonyl (C=O) groups excluding carboxylic acids is 1. The number of ketones is 1. The Hall–Kier alpha value is -1.19. The molecule has 0 amide bonds. The van der Waals surface area contributed by atoms with E-state index in [9.17, 15) is 4.79 Å². The fourth-order valence-corrected chi connectivity index (χ4v) is 5.71. The molecule has 1 saturated heterocycles. The molecule has 1 aliphatic rings. The first-order valence-electron chi connectivity index (χ1n) is 6.25. The predicted octanol–water partition coefficient (Wildman–Crippen LogP) is 4.28. The Labute approximate surface area is 121 Å². The van der Waals surface area contributed by atoms with Crippen molar-refractivity contribution in [3.63, 3.8) is 0 Å². The van der Waals surface area contributed by atoms with Crippen LogP contribution in [0.3, 0.4) is 0 Å². The summed E-state index contributed by atoms with van der Waals surface area (Å²) in [5.74, 6) is 0.292. The van der Waals surface area contributed by atoms with Crippen LogP contribution in [-0.2, 0) is 9.54 Å². The maximum absolute atomic E-state index is 12.8. The number of hydrogen-bond donors (Lipinski definition) is 0. The van der Waals surface area contributed by atoms with Gasteiger partial charge in [-0.1, -0.05) is 82.3 Å². The van der Waals surface area contributed by atoms with Crippen LogP contribution in [0.4, 0.5) is 0 Å². The van der Waals surface area contributed by atoms with Crippen molar-refractivity contribution >= 4 is 27.4 Å². The largest absolute Gasteiger partial charge is 0.296 e. The summed E-state index contributed by atoms with van der Waals surface area (Å²) in [5.41, 5.74) is 2.15. The Balaban J connectivity index is 2.21. The summed E-state index contributed by atoms with van der Waals surface area (Å²) in [7, 11) is 3.35. The standard InChI is InChI=1S/C16H14OS2/c1-12-15(17)16(19-18-12,13-8-4-2-5-9-13)14-10-6-3-7-11-14/h2-12H,1H3. The molecule has 1 nitrogen and oxygen atoms in total. The molecule has 0 saturated carbocycles. The van der Waals surface area contributed by atoms with E-state index in [1.54, 1.807) is 21.6 Å². The van der Waals surface area contributed by atoms with Crippen LogP contribution in [0.1, 0.15) is 18.1 Å². The Morgan fingerprint density at radius 1 is 0.895 bits per heavy atom. The average molecular weight is 286 g/mol. The van der Waals surface area contributed by atoms with Crippen LogP contribution >= 0.6 is 21.6 Å². The normalized spacial score (nSPS) is 21.5. The van der Waals surface area contributed by atoms with Gasteiger partial charge >= 0.3 is 0 Å². The lowest BCUT2D eigenvalue weighted by Crippen LogP contribution is -2.33. The molecule has 2 aromatic rings. The number of hydrogen-bond acceptors (Lipinski definition) is 3. The minimum atomic E-state index is -0.549. The molecule has 19 heavy (non-hydrogen) atoms. The maximum Gasteiger partial charge on any atom is 0.172 e. The molecular weight excluding hydrogens is 272 g/mol. The van der Waals surface area contributed by atoms with E-state index < -0.39 is 4.75 Å². The van der Waals surface area contributed by atoms with Gasteiger partial charge in [0.25, 0.3) is 0 Å². The van der Waals surface area contributed by atoms with Crippen molar-refractivity contribution in [1.29, 1.82) is 0 Å². The summed E-state index contributed by atoms with van der Waals surface area (Å²) in [6.45, 7) is 1.99. The molecule has 96 valence electrons. The van der Waals surface area contributed by atoms with Crippen LogP contribution in [0.15, 0.2) is 60.7 Å². The Morgan fingerprint density at radius 2 is 1.37 bits per heavy atom. The number of Topliss-reactive ketones (excluding diaryl/α,β-unsaturated/α-hetero) is 1. The maximum atomic E-state index is 12.8. The van der Waals surface area contributed by atoms with Crippen molar-refractivity contribution in [2.75, 3.05) is 0 Å². The highest BCUT2D eigenvalue weighted by molar-refractivity contribution is 8.78. The molecule has 1 heterocycles. The highest BCUT2D eigenvalue weighted by Gasteiger charge is 2.50. The average Bonchev–Trinajstić information content (AvgIpc) is 2.78. The lowest BCUT2D eigenvalue weighted by molar-refractivity contribution is -0.119. The van der Waals surface area contributed by atoms with Gasteiger partial charge in [-0.15, -0.1) is 0 Å². The highest BCUT2D eigenvalue weighted by atomic mass is 33.1. The van der Waals surface area contributed by atoms with E-state index in [1.807, 2.05) is 43.3 Å². The van der Waals surface area contributed by atoms with Crippen LogP contribution in [0.25, 0.3) is 0 Å². The third kappa shape index (κ3) is 2.01. The van der Waals surface area contributed by atoms with E-state index in [-0.39, 0.29) is 5.25 Å². The Kier molecular flexibility index (Phi) is 3.42. The molecular formula is C16H14OS2. The minimum Gasteiger partial charge on any atom is -0.296 e. The molecule has 1 unspecified atom stereocenters. The third-order valence-electron chi connectivity index (χ3n) is 3.39. The second kappa shape index (κ2) is 5.06. The lowest BCUT2D eigenvalue weighted by atomic mass is 9.85. The van der Waals surface area contributed by atoms with E-state index in [2.05, 4.69) is 24.3 Å². The van der Waals surface area contributed by atoms with E-state index >= 15 is 0 Å². The third-order valence-corrected chi connectivity index (χ3v) is 6.82. The molecule has 1 fully saturated rings. The zero-order valence-corrected chi connectivity index (χ0v) is 12.2. The molecule has 3 rings (SSSR count). The predicted molar refractivity (Wildman–Crippen MR) is 83.3 cm³/mol. The molecule has 0 aliphatic carbocycles. The second-order valence-electron chi connectivity index (χ2n) is 4.60. The van der Waals surface area contributed by atoms with Gasteiger partial charge in [0, 0.05) is 0 Å². The molecule has 3 heteroatoms. The fraction of sp³-hybridized carbons (Fsp3) is 0.188. The second-order valence-corrected chi connectivity index (χ2v) is 7.36. The summed E-state index contributed by atoms with van der Waals surface area (Å²) in [6.07, 6.45) is 0. The zero-order valence-electron chi connectivity index (χ0n) is 10.6.